The van der Waals surface area contributed by atoms with E-state index in [0.29, 0.717) is 24.2 Å². The second-order valence-corrected chi connectivity index (χ2v) is 9.67. The van der Waals surface area contributed by atoms with E-state index < -0.39 is 0 Å². The van der Waals surface area contributed by atoms with Crippen LogP contribution in [0.3, 0.4) is 0 Å². The Morgan fingerprint density at radius 3 is 2.76 bits per heavy atom. The molecule has 190 valence electrons. The maximum atomic E-state index is 13.2. The Morgan fingerprint density at radius 2 is 1.89 bits per heavy atom. The van der Waals surface area contributed by atoms with E-state index >= 15 is 0 Å². The standard InChI is InChI=1S/C29H27N7O2/c1-35-11-6-18-3-4-19(13-26(18)35)23-14-21(15-24-28(23)32-10-9-31-24)33-25-17-30-8-5-22(25)29(38)34-20-7-12-36(2)27(37)16-20/h3-6,8-11,13-15,17,20,33H,7,12,16H2,1-2H3,(H,34,38). The number of carbonyl (C=O) groups is 2. The monoisotopic (exact) mass is 505 g/mol. The summed E-state index contributed by atoms with van der Waals surface area (Å²) in [6.07, 6.45) is 9.64. The summed E-state index contributed by atoms with van der Waals surface area (Å²) in [5.74, 6) is -0.208. The predicted molar refractivity (Wildman–Crippen MR) is 147 cm³/mol. The van der Waals surface area contributed by atoms with Crippen LogP contribution in [0.1, 0.15) is 23.2 Å². The van der Waals surface area contributed by atoms with Crippen LogP contribution >= 0.6 is 0 Å². The fourth-order valence-corrected chi connectivity index (χ4v) is 4.97. The number of hydrogen-bond acceptors (Lipinski definition) is 6. The maximum absolute atomic E-state index is 13.2. The van der Waals surface area contributed by atoms with Crippen LogP contribution in [0.2, 0.25) is 0 Å². The van der Waals surface area contributed by atoms with Crippen LogP contribution in [-0.4, -0.2) is 55.9 Å². The van der Waals surface area contributed by atoms with Crippen LogP contribution in [0.5, 0.6) is 0 Å². The van der Waals surface area contributed by atoms with Crippen molar-refractivity contribution in [3.63, 3.8) is 0 Å². The van der Waals surface area contributed by atoms with Gasteiger partial charge in [0.2, 0.25) is 5.91 Å². The van der Waals surface area contributed by atoms with E-state index in [9.17, 15) is 9.59 Å². The zero-order valence-corrected chi connectivity index (χ0v) is 21.2. The summed E-state index contributed by atoms with van der Waals surface area (Å²) < 4.78 is 2.09. The topological polar surface area (TPSA) is 105 Å². The van der Waals surface area contributed by atoms with Crippen LogP contribution in [0.15, 0.2) is 73.4 Å². The van der Waals surface area contributed by atoms with Crippen molar-refractivity contribution in [1.82, 2.24) is 29.7 Å². The molecule has 1 atom stereocenters. The van der Waals surface area contributed by atoms with Gasteiger partial charge in [-0.1, -0.05) is 12.1 Å². The van der Waals surface area contributed by atoms with Gasteiger partial charge in [-0.25, -0.2) is 0 Å². The van der Waals surface area contributed by atoms with Crippen LogP contribution < -0.4 is 10.6 Å². The largest absolute Gasteiger partial charge is 0.354 e. The minimum atomic E-state index is -0.243. The average molecular weight is 506 g/mol. The Bertz CT molecular complexity index is 1690. The molecular weight excluding hydrogens is 478 g/mol. The molecule has 0 bridgehead atoms. The number of fused-ring (bicyclic) bond motifs is 2. The first-order chi connectivity index (χ1) is 18.5. The number of aryl methyl sites for hydroxylation is 1. The number of benzene rings is 2. The second-order valence-electron chi connectivity index (χ2n) is 9.67. The minimum Gasteiger partial charge on any atom is -0.354 e. The van der Waals surface area contributed by atoms with E-state index in [1.54, 1.807) is 42.8 Å². The van der Waals surface area contributed by atoms with Crippen molar-refractivity contribution in [3.05, 3.63) is 79.0 Å². The molecule has 5 aromatic rings. The average Bonchev–Trinajstić information content (AvgIpc) is 3.30. The molecule has 4 heterocycles. The van der Waals surface area contributed by atoms with Crippen LogP contribution in [0.25, 0.3) is 33.1 Å². The smallest absolute Gasteiger partial charge is 0.253 e. The van der Waals surface area contributed by atoms with Crippen molar-refractivity contribution in [2.75, 3.05) is 18.9 Å². The van der Waals surface area contributed by atoms with E-state index in [-0.39, 0.29) is 17.9 Å². The third kappa shape index (κ3) is 4.43. The number of carbonyl (C=O) groups excluding carboxylic acids is 2. The molecule has 6 rings (SSSR count). The molecule has 9 nitrogen and oxygen atoms in total. The SMILES string of the molecule is CN1CCC(NC(=O)c2ccncc2Nc2cc(-c3ccc4ccn(C)c4c3)c3nccnc3c2)CC1=O. The predicted octanol–water partition coefficient (Wildman–Crippen LogP) is 4.28. The van der Waals surface area contributed by atoms with Gasteiger partial charge in [-0.3, -0.25) is 24.5 Å². The summed E-state index contributed by atoms with van der Waals surface area (Å²) in [4.78, 5) is 40.4. The Balaban J connectivity index is 1.34. The third-order valence-corrected chi connectivity index (χ3v) is 7.11. The van der Waals surface area contributed by atoms with Crippen molar-refractivity contribution in [2.45, 2.75) is 18.9 Å². The molecule has 1 saturated heterocycles. The van der Waals surface area contributed by atoms with Gasteiger partial charge in [0.05, 0.1) is 28.5 Å². The summed E-state index contributed by atoms with van der Waals surface area (Å²) in [7, 11) is 3.81. The molecule has 1 aliphatic rings. The summed E-state index contributed by atoms with van der Waals surface area (Å²) in [5, 5.41) is 7.57. The first kappa shape index (κ1) is 23.6. The zero-order chi connectivity index (χ0) is 26.2. The van der Waals surface area contributed by atoms with Crippen molar-refractivity contribution >= 4 is 45.1 Å². The van der Waals surface area contributed by atoms with Gasteiger partial charge in [0.15, 0.2) is 0 Å². The lowest BCUT2D eigenvalue weighted by atomic mass is 10.0. The minimum absolute atomic E-state index is 0.0351. The molecule has 2 aromatic carbocycles. The van der Waals surface area contributed by atoms with Gasteiger partial charge in [-0.05, 0) is 47.7 Å². The van der Waals surface area contributed by atoms with Gasteiger partial charge in [0.25, 0.3) is 5.91 Å². The van der Waals surface area contributed by atoms with Gasteiger partial charge in [0, 0.05) is 74.7 Å². The number of nitrogens with zero attached hydrogens (tertiary/aromatic N) is 5. The fourth-order valence-electron chi connectivity index (χ4n) is 4.97. The number of pyridine rings is 1. The summed E-state index contributed by atoms with van der Waals surface area (Å²) >= 11 is 0. The number of amides is 2. The Morgan fingerprint density at radius 1 is 1.03 bits per heavy atom. The van der Waals surface area contributed by atoms with E-state index in [4.69, 9.17) is 0 Å². The lowest BCUT2D eigenvalue weighted by Crippen LogP contribution is -2.46. The molecule has 0 spiro atoms. The zero-order valence-electron chi connectivity index (χ0n) is 21.2. The quantitative estimate of drug-likeness (QED) is 0.370. The molecule has 0 aliphatic carbocycles. The lowest BCUT2D eigenvalue weighted by molar-refractivity contribution is -0.132. The molecule has 38 heavy (non-hydrogen) atoms. The first-order valence-corrected chi connectivity index (χ1v) is 12.5. The van der Waals surface area contributed by atoms with Gasteiger partial charge in [-0.2, -0.15) is 0 Å². The van der Waals surface area contributed by atoms with Gasteiger partial charge in [-0.15, -0.1) is 0 Å². The van der Waals surface area contributed by atoms with E-state index in [1.807, 2.05) is 25.4 Å². The Labute approximate surface area is 219 Å². The molecule has 1 unspecified atom stereocenters. The molecule has 9 heteroatoms. The molecule has 0 radical (unpaired) electrons. The molecule has 2 N–H and O–H groups in total. The Kier molecular flexibility index (Phi) is 5.95. The first-order valence-electron chi connectivity index (χ1n) is 12.5. The Hall–Kier alpha value is -4.79. The molecule has 1 aliphatic heterocycles. The fraction of sp³-hybridized carbons (Fsp3) is 0.207. The van der Waals surface area contributed by atoms with E-state index in [2.05, 4.69) is 54.4 Å². The highest BCUT2D eigenvalue weighted by molar-refractivity contribution is 6.02. The molecule has 3 aromatic heterocycles. The normalized spacial score (nSPS) is 15.7. The van der Waals surface area contributed by atoms with Gasteiger partial charge < -0.3 is 20.1 Å². The summed E-state index contributed by atoms with van der Waals surface area (Å²) in [5.41, 5.74) is 6.38. The van der Waals surface area contributed by atoms with Crippen LogP contribution in [0.4, 0.5) is 11.4 Å². The van der Waals surface area contributed by atoms with E-state index in [0.717, 1.165) is 39.8 Å². The van der Waals surface area contributed by atoms with Crippen molar-refractivity contribution in [1.29, 1.82) is 0 Å². The molecule has 2 amide bonds. The van der Waals surface area contributed by atoms with Crippen molar-refractivity contribution in [3.8, 4) is 11.1 Å². The van der Waals surface area contributed by atoms with Gasteiger partial charge in [0.1, 0.15) is 0 Å². The highest BCUT2D eigenvalue weighted by atomic mass is 16.2. The molecule has 0 saturated carbocycles. The summed E-state index contributed by atoms with van der Waals surface area (Å²) in [6, 6.07) is 13.8. The number of rotatable bonds is 5. The number of likely N-dealkylation sites (tertiary alicyclic amines) is 1. The molecule has 1 fully saturated rings. The number of hydrogen-bond donors (Lipinski definition) is 2. The molecular formula is C29H27N7O2. The number of aromatic nitrogens is 4. The number of anilines is 2. The number of piperidine rings is 1. The second kappa shape index (κ2) is 9.59. The summed E-state index contributed by atoms with van der Waals surface area (Å²) in [6.45, 7) is 0.626. The van der Waals surface area contributed by atoms with Crippen molar-refractivity contribution < 1.29 is 9.59 Å². The van der Waals surface area contributed by atoms with E-state index in [1.165, 1.54) is 5.39 Å². The third-order valence-electron chi connectivity index (χ3n) is 7.11. The number of nitrogens with one attached hydrogen (secondary N) is 2. The lowest BCUT2D eigenvalue weighted by Gasteiger charge is -2.29. The van der Waals surface area contributed by atoms with Crippen LogP contribution in [0, 0.1) is 0 Å². The maximum Gasteiger partial charge on any atom is 0.253 e. The highest BCUT2D eigenvalue weighted by Crippen LogP contribution is 2.33. The van der Waals surface area contributed by atoms with Crippen molar-refractivity contribution in [2.24, 2.45) is 7.05 Å². The van der Waals surface area contributed by atoms with Gasteiger partial charge >= 0.3 is 0 Å². The highest BCUT2D eigenvalue weighted by Gasteiger charge is 2.25. The van der Waals surface area contributed by atoms with Crippen LogP contribution in [-0.2, 0) is 11.8 Å².